The molecular formula is C21H18N2O4S. The Morgan fingerprint density at radius 2 is 1.64 bits per heavy atom. The smallest absolute Gasteiger partial charge is 0.248 e. The monoisotopic (exact) mass is 394 g/mol. The molecule has 3 rings (SSSR count). The minimum Gasteiger partial charge on any atom is -0.497 e. The third kappa shape index (κ3) is 4.63. The lowest BCUT2D eigenvalue weighted by atomic mass is 10.2. The summed E-state index contributed by atoms with van der Waals surface area (Å²) in [6.07, 6.45) is 6.32. The van der Waals surface area contributed by atoms with Gasteiger partial charge in [-0.25, -0.2) is 8.42 Å². The topological polar surface area (TPSA) is 85.4 Å². The number of aromatic nitrogens is 1. The minimum atomic E-state index is -3.64. The second-order valence-corrected chi connectivity index (χ2v) is 7.76. The van der Waals surface area contributed by atoms with Crippen LogP contribution in [0.2, 0.25) is 0 Å². The van der Waals surface area contributed by atoms with Crippen molar-refractivity contribution in [3.63, 3.8) is 0 Å². The van der Waals surface area contributed by atoms with E-state index >= 15 is 0 Å². The summed E-state index contributed by atoms with van der Waals surface area (Å²) in [6.45, 7) is 0. The molecule has 1 aromatic heterocycles. The predicted octanol–water partition coefficient (Wildman–Crippen LogP) is 3.57. The highest BCUT2D eigenvalue weighted by Crippen LogP contribution is 2.24. The summed E-state index contributed by atoms with van der Waals surface area (Å²) in [7, 11) is -2.13. The molecular weight excluding hydrogens is 376 g/mol. The lowest BCUT2D eigenvalue weighted by Gasteiger charge is -2.07. The second kappa shape index (κ2) is 8.49. The Balaban J connectivity index is 1.70. The van der Waals surface area contributed by atoms with E-state index in [4.69, 9.17) is 4.74 Å². The number of nitrogens with one attached hydrogen (secondary N) is 1. The van der Waals surface area contributed by atoms with Gasteiger partial charge >= 0.3 is 0 Å². The normalized spacial score (nSPS) is 11.3. The summed E-state index contributed by atoms with van der Waals surface area (Å²) in [5, 5.41) is 2.69. The van der Waals surface area contributed by atoms with Crippen molar-refractivity contribution in [1.82, 2.24) is 4.98 Å². The fourth-order valence-electron chi connectivity index (χ4n) is 2.44. The Kier molecular flexibility index (Phi) is 5.86. The van der Waals surface area contributed by atoms with Crippen molar-refractivity contribution in [1.29, 1.82) is 0 Å². The van der Waals surface area contributed by atoms with Gasteiger partial charge in [0.2, 0.25) is 15.7 Å². The molecule has 142 valence electrons. The third-order valence-corrected chi connectivity index (χ3v) is 5.70. The van der Waals surface area contributed by atoms with Crippen LogP contribution in [-0.2, 0) is 14.6 Å². The van der Waals surface area contributed by atoms with Gasteiger partial charge in [0.25, 0.3) is 0 Å². The van der Waals surface area contributed by atoms with Crippen LogP contribution in [0.25, 0.3) is 6.08 Å². The average molecular weight is 394 g/mol. The van der Waals surface area contributed by atoms with E-state index in [1.165, 1.54) is 37.5 Å². The summed E-state index contributed by atoms with van der Waals surface area (Å²) in [5.41, 5.74) is 1.30. The van der Waals surface area contributed by atoms with Gasteiger partial charge in [0, 0.05) is 24.2 Å². The summed E-state index contributed by atoms with van der Waals surface area (Å²) in [5.74, 6) is 0.256. The molecule has 0 fully saturated rings. The molecule has 1 heterocycles. The van der Waals surface area contributed by atoms with E-state index in [9.17, 15) is 13.2 Å². The molecule has 0 aliphatic rings. The molecule has 0 bridgehead atoms. The van der Waals surface area contributed by atoms with Crippen molar-refractivity contribution >= 4 is 27.5 Å². The van der Waals surface area contributed by atoms with Gasteiger partial charge < -0.3 is 10.1 Å². The van der Waals surface area contributed by atoms with Crippen LogP contribution in [0.15, 0.2) is 88.9 Å². The van der Waals surface area contributed by atoms with E-state index in [1.807, 2.05) is 6.07 Å². The Hall–Kier alpha value is -3.45. The van der Waals surface area contributed by atoms with E-state index < -0.39 is 9.84 Å². The Labute approximate surface area is 163 Å². The zero-order chi connectivity index (χ0) is 20.0. The molecule has 1 amide bonds. The van der Waals surface area contributed by atoms with Gasteiger partial charge in [0.1, 0.15) is 5.75 Å². The number of anilines is 1. The van der Waals surface area contributed by atoms with Gasteiger partial charge in [-0.15, -0.1) is 0 Å². The number of hydrogen-bond donors (Lipinski definition) is 1. The highest BCUT2D eigenvalue weighted by molar-refractivity contribution is 7.91. The first-order chi connectivity index (χ1) is 13.5. The fourth-order valence-corrected chi connectivity index (χ4v) is 3.70. The highest BCUT2D eigenvalue weighted by atomic mass is 32.2. The van der Waals surface area contributed by atoms with E-state index in [0.29, 0.717) is 11.4 Å². The second-order valence-electron chi connectivity index (χ2n) is 5.81. The van der Waals surface area contributed by atoms with Crippen molar-refractivity contribution < 1.29 is 17.9 Å². The molecule has 0 spiro atoms. The lowest BCUT2D eigenvalue weighted by Crippen LogP contribution is -2.08. The van der Waals surface area contributed by atoms with Gasteiger partial charge in [0.05, 0.1) is 16.9 Å². The van der Waals surface area contributed by atoms with Crippen molar-refractivity contribution in [2.45, 2.75) is 9.79 Å². The summed E-state index contributed by atoms with van der Waals surface area (Å²) >= 11 is 0. The van der Waals surface area contributed by atoms with E-state index in [-0.39, 0.29) is 15.7 Å². The standard InChI is InChI=1S/C21H18N2O4S/c1-27-18-7-11-20(12-8-18)28(25,26)19-9-5-17(6-10-19)23-21(24)13-4-16-3-2-14-22-15-16/h2-15H,1H3,(H,23,24). The molecule has 7 heteroatoms. The van der Waals surface area contributed by atoms with Crippen molar-refractivity contribution in [3.05, 3.63) is 84.7 Å². The minimum absolute atomic E-state index is 0.140. The largest absolute Gasteiger partial charge is 0.497 e. The number of benzene rings is 2. The maximum absolute atomic E-state index is 12.7. The number of rotatable bonds is 6. The fraction of sp³-hybridized carbons (Fsp3) is 0.0476. The van der Waals surface area contributed by atoms with Gasteiger partial charge in [-0.3, -0.25) is 9.78 Å². The van der Waals surface area contributed by atoms with Crippen LogP contribution in [-0.4, -0.2) is 26.4 Å². The van der Waals surface area contributed by atoms with Crippen LogP contribution in [0.1, 0.15) is 5.56 Å². The maximum atomic E-state index is 12.7. The Morgan fingerprint density at radius 1 is 1.00 bits per heavy atom. The molecule has 0 saturated carbocycles. The zero-order valence-electron chi connectivity index (χ0n) is 15.1. The number of pyridine rings is 1. The molecule has 28 heavy (non-hydrogen) atoms. The Bertz CT molecular complexity index is 1080. The lowest BCUT2D eigenvalue weighted by molar-refractivity contribution is -0.111. The number of hydrogen-bond acceptors (Lipinski definition) is 5. The molecule has 0 saturated heterocycles. The molecule has 0 aliphatic carbocycles. The molecule has 3 aromatic rings. The molecule has 2 aromatic carbocycles. The van der Waals surface area contributed by atoms with Crippen molar-refractivity contribution in [3.8, 4) is 5.75 Å². The van der Waals surface area contributed by atoms with Crippen molar-refractivity contribution in [2.75, 3.05) is 12.4 Å². The van der Waals surface area contributed by atoms with Crippen LogP contribution in [0.3, 0.4) is 0 Å². The van der Waals surface area contributed by atoms with Gasteiger partial charge in [-0.1, -0.05) is 6.07 Å². The van der Waals surface area contributed by atoms with Crippen LogP contribution in [0.4, 0.5) is 5.69 Å². The van der Waals surface area contributed by atoms with Crippen LogP contribution >= 0.6 is 0 Å². The summed E-state index contributed by atoms with van der Waals surface area (Å²) in [6, 6.07) is 15.8. The van der Waals surface area contributed by atoms with E-state index in [0.717, 1.165) is 5.56 Å². The van der Waals surface area contributed by atoms with Crippen LogP contribution < -0.4 is 10.1 Å². The molecule has 0 atom stereocenters. The number of sulfone groups is 1. The Morgan fingerprint density at radius 3 is 2.21 bits per heavy atom. The maximum Gasteiger partial charge on any atom is 0.248 e. The first-order valence-corrected chi connectivity index (χ1v) is 9.86. The van der Waals surface area contributed by atoms with Crippen LogP contribution in [0, 0.1) is 0 Å². The number of nitrogens with zero attached hydrogens (tertiary/aromatic N) is 1. The molecule has 0 radical (unpaired) electrons. The van der Waals surface area contributed by atoms with E-state index in [2.05, 4.69) is 10.3 Å². The van der Waals surface area contributed by atoms with Crippen molar-refractivity contribution in [2.24, 2.45) is 0 Å². The number of amides is 1. The third-order valence-electron chi connectivity index (χ3n) is 3.91. The van der Waals surface area contributed by atoms with Crippen LogP contribution in [0.5, 0.6) is 5.75 Å². The number of carbonyl (C=O) groups is 1. The summed E-state index contributed by atoms with van der Waals surface area (Å²) < 4.78 is 30.4. The number of ether oxygens (including phenoxy) is 1. The number of methoxy groups -OCH3 is 1. The first-order valence-electron chi connectivity index (χ1n) is 8.37. The molecule has 6 nitrogen and oxygen atoms in total. The average Bonchev–Trinajstić information content (AvgIpc) is 2.73. The molecule has 0 unspecified atom stereocenters. The summed E-state index contributed by atoms with van der Waals surface area (Å²) in [4.78, 5) is 16.3. The quantitative estimate of drug-likeness (QED) is 0.646. The van der Waals surface area contributed by atoms with Gasteiger partial charge in [-0.2, -0.15) is 0 Å². The molecule has 0 aliphatic heterocycles. The predicted molar refractivity (Wildman–Crippen MR) is 107 cm³/mol. The highest BCUT2D eigenvalue weighted by Gasteiger charge is 2.17. The molecule has 1 N–H and O–H groups in total. The zero-order valence-corrected chi connectivity index (χ0v) is 15.9. The first kappa shape index (κ1) is 19.3. The SMILES string of the molecule is COc1ccc(S(=O)(=O)c2ccc(NC(=O)C=Cc3cccnc3)cc2)cc1. The van der Waals surface area contributed by atoms with E-state index in [1.54, 1.807) is 48.8 Å². The van der Waals surface area contributed by atoms with Gasteiger partial charge in [-0.05, 0) is 66.2 Å². The number of carbonyl (C=O) groups excluding carboxylic acids is 1. The van der Waals surface area contributed by atoms with Gasteiger partial charge in [0.15, 0.2) is 0 Å².